The average Bonchev–Trinajstić information content (AvgIpc) is 2.87. The Labute approximate surface area is 110 Å². The highest BCUT2D eigenvalue weighted by molar-refractivity contribution is 5.91. The van der Waals surface area contributed by atoms with Gasteiger partial charge in [0.15, 0.2) is 0 Å². The number of nitrogens with two attached hydrogens (primary N) is 1. The Morgan fingerprint density at radius 2 is 2.26 bits per heavy atom. The molecule has 2 rings (SSSR count). The predicted molar refractivity (Wildman–Crippen MR) is 70.9 cm³/mol. The van der Waals surface area contributed by atoms with E-state index >= 15 is 0 Å². The first-order chi connectivity index (χ1) is 9.17. The fraction of sp³-hybridized carbons (Fsp3) is 0.143. The van der Waals surface area contributed by atoms with Crippen LogP contribution in [0.5, 0.6) is 0 Å². The lowest BCUT2D eigenvalue weighted by atomic mass is 10.1. The maximum atomic E-state index is 11.7. The zero-order valence-electron chi connectivity index (χ0n) is 10.5. The number of hydrogen-bond acceptors (Lipinski definition) is 4. The van der Waals surface area contributed by atoms with Gasteiger partial charge >= 0.3 is 5.97 Å². The number of benzene rings is 1. The molecule has 0 radical (unpaired) electrons. The monoisotopic (exact) mass is 255 g/mol. The Kier molecular flexibility index (Phi) is 3.53. The molecule has 0 atom stereocenters. The lowest BCUT2D eigenvalue weighted by Crippen LogP contribution is -2.07. The first-order valence-corrected chi connectivity index (χ1v) is 5.82. The standard InChI is InChI=1S/C14H13N3O2/c1-2-19-14(18)10-5-6-12(16)13(8-10)17-7-3-4-11(17)9-15/h3-8H,2,16H2,1H3. The van der Waals surface area contributed by atoms with Gasteiger partial charge in [-0.15, -0.1) is 0 Å². The second-order valence-corrected chi connectivity index (χ2v) is 3.87. The molecule has 96 valence electrons. The second kappa shape index (κ2) is 5.27. The van der Waals surface area contributed by atoms with Crippen LogP contribution in [0, 0.1) is 11.3 Å². The fourth-order valence-corrected chi connectivity index (χ4v) is 1.78. The minimum Gasteiger partial charge on any atom is -0.462 e. The quantitative estimate of drug-likeness (QED) is 0.672. The van der Waals surface area contributed by atoms with Crippen LogP contribution in [0.15, 0.2) is 36.5 Å². The number of nitrogen functional groups attached to an aromatic ring is 1. The maximum absolute atomic E-state index is 11.7. The Morgan fingerprint density at radius 1 is 1.47 bits per heavy atom. The maximum Gasteiger partial charge on any atom is 0.338 e. The molecule has 5 heteroatoms. The fourth-order valence-electron chi connectivity index (χ4n) is 1.78. The molecule has 0 unspecified atom stereocenters. The number of hydrogen-bond donors (Lipinski definition) is 1. The molecular weight excluding hydrogens is 242 g/mol. The molecule has 19 heavy (non-hydrogen) atoms. The molecule has 0 bridgehead atoms. The summed E-state index contributed by atoms with van der Waals surface area (Å²) < 4.78 is 6.58. The SMILES string of the molecule is CCOC(=O)c1ccc(N)c(-n2cccc2C#N)c1. The molecular formula is C14H13N3O2. The van der Waals surface area contributed by atoms with E-state index in [0.29, 0.717) is 29.2 Å². The average molecular weight is 255 g/mol. The molecule has 0 amide bonds. The molecule has 0 aliphatic heterocycles. The summed E-state index contributed by atoms with van der Waals surface area (Å²) in [7, 11) is 0. The number of carbonyl (C=O) groups excluding carboxylic acids is 1. The number of carbonyl (C=O) groups is 1. The van der Waals surface area contributed by atoms with Crippen LogP contribution in [-0.2, 0) is 4.74 Å². The lowest BCUT2D eigenvalue weighted by Gasteiger charge is -2.10. The van der Waals surface area contributed by atoms with E-state index in [1.165, 1.54) is 0 Å². The van der Waals surface area contributed by atoms with Gasteiger partial charge in [0, 0.05) is 6.20 Å². The van der Waals surface area contributed by atoms with Gasteiger partial charge in [-0.1, -0.05) is 0 Å². The van der Waals surface area contributed by atoms with Crippen molar-refractivity contribution in [3.05, 3.63) is 47.8 Å². The lowest BCUT2D eigenvalue weighted by molar-refractivity contribution is 0.0526. The van der Waals surface area contributed by atoms with Crippen molar-refractivity contribution in [2.24, 2.45) is 0 Å². The number of anilines is 1. The molecule has 0 saturated carbocycles. The first-order valence-electron chi connectivity index (χ1n) is 5.82. The molecule has 1 aromatic heterocycles. The third-order valence-corrected chi connectivity index (χ3v) is 2.66. The van der Waals surface area contributed by atoms with Crippen LogP contribution in [-0.4, -0.2) is 17.1 Å². The Balaban J connectivity index is 2.49. The minimum atomic E-state index is -0.408. The van der Waals surface area contributed by atoms with Crippen molar-refractivity contribution in [3.8, 4) is 11.8 Å². The van der Waals surface area contributed by atoms with Gasteiger partial charge in [-0.05, 0) is 37.3 Å². The summed E-state index contributed by atoms with van der Waals surface area (Å²) in [4.78, 5) is 11.7. The van der Waals surface area contributed by atoms with Crippen LogP contribution in [0.1, 0.15) is 23.0 Å². The number of ether oxygens (including phenoxy) is 1. The highest BCUT2D eigenvalue weighted by Gasteiger charge is 2.12. The van der Waals surface area contributed by atoms with E-state index in [1.807, 2.05) is 0 Å². The van der Waals surface area contributed by atoms with Gasteiger partial charge in [-0.3, -0.25) is 0 Å². The predicted octanol–water partition coefficient (Wildman–Crippen LogP) is 2.11. The highest BCUT2D eigenvalue weighted by atomic mass is 16.5. The van der Waals surface area contributed by atoms with Gasteiger partial charge < -0.3 is 15.0 Å². The van der Waals surface area contributed by atoms with Gasteiger partial charge in [-0.2, -0.15) is 5.26 Å². The van der Waals surface area contributed by atoms with Crippen molar-refractivity contribution in [1.82, 2.24) is 4.57 Å². The number of nitriles is 1. The van der Waals surface area contributed by atoms with Crippen LogP contribution in [0.3, 0.4) is 0 Å². The summed E-state index contributed by atoms with van der Waals surface area (Å²) in [6.45, 7) is 2.06. The summed E-state index contributed by atoms with van der Waals surface area (Å²) in [5, 5.41) is 9.02. The smallest absolute Gasteiger partial charge is 0.338 e. The summed E-state index contributed by atoms with van der Waals surface area (Å²) in [5.41, 5.74) is 7.83. The van der Waals surface area contributed by atoms with Crippen molar-refractivity contribution in [1.29, 1.82) is 5.26 Å². The van der Waals surface area contributed by atoms with Crippen LogP contribution in [0.25, 0.3) is 5.69 Å². The Morgan fingerprint density at radius 3 is 2.95 bits per heavy atom. The van der Waals surface area contributed by atoms with Crippen molar-refractivity contribution in [3.63, 3.8) is 0 Å². The van der Waals surface area contributed by atoms with Crippen LogP contribution < -0.4 is 5.73 Å². The third kappa shape index (κ3) is 2.43. The van der Waals surface area contributed by atoms with Crippen LogP contribution in [0.2, 0.25) is 0 Å². The van der Waals surface area contributed by atoms with E-state index in [-0.39, 0.29) is 0 Å². The van der Waals surface area contributed by atoms with Crippen molar-refractivity contribution in [2.45, 2.75) is 6.92 Å². The normalized spacial score (nSPS) is 9.89. The van der Waals surface area contributed by atoms with E-state index in [4.69, 9.17) is 15.7 Å². The number of rotatable bonds is 3. The van der Waals surface area contributed by atoms with Crippen molar-refractivity contribution >= 4 is 11.7 Å². The Hall–Kier alpha value is -2.74. The van der Waals surface area contributed by atoms with Crippen LogP contribution >= 0.6 is 0 Å². The topological polar surface area (TPSA) is 81.0 Å². The zero-order valence-corrected chi connectivity index (χ0v) is 10.5. The van der Waals surface area contributed by atoms with E-state index in [0.717, 1.165) is 0 Å². The van der Waals surface area contributed by atoms with Gasteiger partial charge in [0.05, 0.1) is 23.5 Å². The van der Waals surface area contributed by atoms with E-state index in [9.17, 15) is 4.79 Å². The molecule has 1 heterocycles. The molecule has 1 aromatic carbocycles. The number of nitrogens with zero attached hydrogens (tertiary/aromatic N) is 2. The molecule has 2 N–H and O–H groups in total. The van der Waals surface area contributed by atoms with E-state index in [1.54, 1.807) is 48.0 Å². The second-order valence-electron chi connectivity index (χ2n) is 3.87. The zero-order chi connectivity index (χ0) is 13.8. The largest absolute Gasteiger partial charge is 0.462 e. The molecule has 0 saturated heterocycles. The first kappa shape index (κ1) is 12.7. The van der Waals surface area contributed by atoms with Gasteiger partial charge in [0.25, 0.3) is 0 Å². The van der Waals surface area contributed by atoms with Gasteiger partial charge in [-0.25, -0.2) is 4.79 Å². The third-order valence-electron chi connectivity index (χ3n) is 2.66. The summed E-state index contributed by atoms with van der Waals surface area (Å²) in [6.07, 6.45) is 1.72. The van der Waals surface area contributed by atoms with Gasteiger partial charge in [0.2, 0.25) is 0 Å². The summed E-state index contributed by atoms with van der Waals surface area (Å²) in [6, 6.07) is 10.3. The summed E-state index contributed by atoms with van der Waals surface area (Å²) >= 11 is 0. The van der Waals surface area contributed by atoms with Crippen molar-refractivity contribution < 1.29 is 9.53 Å². The minimum absolute atomic E-state index is 0.311. The molecule has 0 aliphatic carbocycles. The summed E-state index contributed by atoms with van der Waals surface area (Å²) in [5.74, 6) is -0.408. The van der Waals surface area contributed by atoms with E-state index in [2.05, 4.69) is 6.07 Å². The highest BCUT2D eigenvalue weighted by Crippen LogP contribution is 2.21. The van der Waals surface area contributed by atoms with Crippen molar-refractivity contribution in [2.75, 3.05) is 12.3 Å². The Bertz CT molecular complexity index is 653. The van der Waals surface area contributed by atoms with E-state index < -0.39 is 5.97 Å². The molecule has 2 aromatic rings. The molecule has 0 aliphatic rings. The molecule has 5 nitrogen and oxygen atoms in total. The number of aromatic nitrogens is 1. The molecule has 0 fully saturated rings. The van der Waals surface area contributed by atoms with Gasteiger partial charge in [0.1, 0.15) is 11.8 Å². The molecule has 0 spiro atoms. The van der Waals surface area contributed by atoms with Crippen LogP contribution in [0.4, 0.5) is 5.69 Å². The number of esters is 1.